The summed E-state index contributed by atoms with van der Waals surface area (Å²) in [5.74, 6) is -1.97. The Hall–Kier alpha value is -2.23. The molecule has 0 unspecified atom stereocenters. The normalized spacial score (nSPS) is 10.9. The third-order valence-electron chi connectivity index (χ3n) is 3.14. The van der Waals surface area contributed by atoms with Crippen LogP contribution in [-0.4, -0.2) is 32.2 Å². The van der Waals surface area contributed by atoms with E-state index in [1.54, 1.807) is 6.07 Å². The van der Waals surface area contributed by atoms with E-state index in [-0.39, 0.29) is 11.3 Å². The third kappa shape index (κ3) is 3.66. The van der Waals surface area contributed by atoms with E-state index < -0.39 is 12.1 Å². The lowest BCUT2D eigenvalue weighted by Gasteiger charge is -2.24. The highest BCUT2D eigenvalue weighted by molar-refractivity contribution is 5.97. The molecule has 1 aromatic rings. The van der Waals surface area contributed by atoms with Gasteiger partial charge in [-0.3, -0.25) is 4.79 Å². The van der Waals surface area contributed by atoms with Crippen molar-refractivity contribution < 1.29 is 18.0 Å². The SMILES string of the molecule is CCN(CC)c1ccc(N(C)C(=O)C(F)(F)F)cc1C#N. The molecule has 1 aromatic carbocycles. The minimum atomic E-state index is -4.95. The number of anilines is 2. The van der Waals surface area contributed by atoms with Crippen molar-refractivity contribution in [2.45, 2.75) is 20.0 Å². The maximum Gasteiger partial charge on any atom is 0.471 e. The highest BCUT2D eigenvalue weighted by Gasteiger charge is 2.41. The van der Waals surface area contributed by atoms with Gasteiger partial charge in [0.2, 0.25) is 0 Å². The Bertz CT molecular complexity index is 560. The van der Waals surface area contributed by atoms with Crippen LogP contribution in [0.4, 0.5) is 24.5 Å². The fourth-order valence-corrected chi connectivity index (χ4v) is 1.97. The van der Waals surface area contributed by atoms with Gasteiger partial charge in [-0.15, -0.1) is 0 Å². The van der Waals surface area contributed by atoms with Gasteiger partial charge in [0.15, 0.2) is 0 Å². The standard InChI is InChI=1S/C14H16F3N3O/c1-4-20(5-2)12-7-6-11(8-10(12)9-18)19(3)13(21)14(15,16)17/h6-8H,4-5H2,1-3H3. The quantitative estimate of drug-likeness (QED) is 0.859. The van der Waals surface area contributed by atoms with Crippen LogP contribution in [0.15, 0.2) is 18.2 Å². The van der Waals surface area contributed by atoms with Crippen LogP contribution >= 0.6 is 0 Å². The van der Waals surface area contributed by atoms with E-state index in [0.717, 1.165) is 7.05 Å². The number of nitrogens with zero attached hydrogens (tertiary/aromatic N) is 3. The molecule has 0 N–H and O–H groups in total. The van der Waals surface area contributed by atoms with Crippen LogP contribution in [-0.2, 0) is 4.79 Å². The van der Waals surface area contributed by atoms with E-state index in [4.69, 9.17) is 5.26 Å². The van der Waals surface area contributed by atoms with E-state index in [0.29, 0.717) is 23.7 Å². The molecule has 0 fully saturated rings. The molecule has 0 radical (unpaired) electrons. The van der Waals surface area contributed by atoms with E-state index in [2.05, 4.69) is 0 Å². The van der Waals surface area contributed by atoms with Crippen molar-refractivity contribution in [3.05, 3.63) is 23.8 Å². The van der Waals surface area contributed by atoms with Crippen molar-refractivity contribution in [2.75, 3.05) is 29.9 Å². The number of carbonyl (C=O) groups excluding carboxylic acids is 1. The van der Waals surface area contributed by atoms with Crippen LogP contribution in [0.3, 0.4) is 0 Å². The molecule has 0 aliphatic rings. The van der Waals surface area contributed by atoms with Crippen molar-refractivity contribution in [1.29, 1.82) is 5.26 Å². The van der Waals surface area contributed by atoms with Gasteiger partial charge < -0.3 is 9.80 Å². The molecule has 7 heteroatoms. The van der Waals surface area contributed by atoms with Gasteiger partial charge in [-0.1, -0.05) is 0 Å². The number of nitriles is 1. The first-order chi connectivity index (χ1) is 9.76. The summed E-state index contributed by atoms with van der Waals surface area (Å²) in [6.07, 6.45) is -4.95. The monoisotopic (exact) mass is 299 g/mol. The molecule has 0 heterocycles. The minimum absolute atomic E-state index is 0.0322. The largest absolute Gasteiger partial charge is 0.471 e. The fourth-order valence-electron chi connectivity index (χ4n) is 1.97. The van der Waals surface area contributed by atoms with Crippen molar-refractivity contribution in [3.63, 3.8) is 0 Å². The minimum Gasteiger partial charge on any atom is -0.371 e. The second kappa shape index (κ2) is 6.48. The van der Waals surface area contributed by atoms with Crippen molar-refractivity contribution >= 4 is 17.3 Å². The molecular weight excluding hydrogens is 283 g/mol. The zero-order valence-electron chi connectivity index (χ0n) is 12.0. The van der Waals surface area contributed by atoms with Gasteiger partial charge in [-0.05, 0) is 32.0 Å². The molecule has 0 aliphatic heterocycles. The van der Waals surface area contributed by atoms with Crippen LogP contribution in [0.25, 0.3) is 0 Å². The number of amides is 1. The van der Waals surface area contributed by atoms with Crippen LogP contribution in [0, 0.1) is 11.3 Å². The molecule has 1 rings (SSSR count). The van der Waals surface area contributed by atoms with Gasteiger partial charge in [-0.2, -0.15) is 18.4 Å². The van der Waals surface area contributed by atoms with Crippen molar-refractivity contribution in [3.8, 4) is 6.07 Å². The predicted octanol–water partition coefficient (Wildman–Crippen LogP) is 2.93. The molecule has 21 heavy (non-hydrogen) atoms. The van der Waals surface area contributed by atoms with Crippen LogP contribution < -0.4 is 9.80 Å². The molecule has 4 nitrogen and oxygen atoms in total. The number of halogens is 3. The van der Waals surface area contributed by atoms with Gasteiger partial charge in [0, 0.05) is 25.8 Å². The first-order valence-electron chi connectivity index (χ1n) is 6.40. The molecule has 0 aromatic heterocycles. The van der Waals surface area contributed by atoms with E-state index >= 15 is 0 Å². The van der Waals surface area contributed by atoms with Crippen molar-refractivity contribution in [2.24, 2.45) is 0 Å². The summed E-state index contributed by atoms with van der Waals surface area (Å²) in [5, 5.41) is 9.16. The molecule has 0 atom stereocenters. The second-order valence-electron chi connectivity index (χ2n) is 4.35. The number of hydrogen-bond acceptors (Lipinski definition) is 3. The zero-order chi connectivity index (χ0) is 16.2. The lowest BCUT2D eigenvalue weighted by molar-refractivity contribution is -0.170. The maximum absolute atomic E-state index is 12.4. The molecule has 0 aliphatic carbocycles. The highest BCUT2D eigenvalue weighted by atomic mass is 19.4. The Balaban J connectivity index is 3.20. The summed E-state index contributed by atoms with van der Waals surface area (Å²) in [5.41, 5.74) is 0.905. The number of hydrogen-bond donors (Lipinski definition) is 0. The van der Waals surface area contributed by atoms with Gasteiger partial charge in [-0.25, -0.2) is 0 Å². The first kappa shape index (κ1) is 16.8. The third-order valence-corrected chi connectivity index (χ3v) is 3.14. The van der Waals surface area contributed by atoms with Gasteiger partial charge in [0.1, 0.15) is 6.07 Å². The van der Waals surface area contributed by atoms with E-state index in [1.165, 1.54) is 12.1 Å². The summed E-state index contributed by atoms with van der Waals surface area (Å²) in [4.78, 5) is 13.6. The molecule has 0 saturated carbocycles. The Morgan fingerprint density at radius 3 is 2.29 bits per heavy atom. The lowest BCUT2D eigenvalue weighted by Crippen LogP contribution is -2.38. The summed E-state index contributed by atoms with van der Waals surface area (Å²) < 4.78 is 37.3. The number of benzene rings is 1. The summed E-state index contributed by atoms with van der Waals surface area (Å²) in [7, 11) is 1.03. The predicted molar refractivity (Wildman–Crippen MR) is 74.2 cm³/mol. The fraction of sp³-hybridized carbons (Fsp3) is 0.429. The average molecular weight is 299 g/mol. The van der Waals surface area contributed by atoms with Crippen molar-refractivity contribution in [1.82, 2.24) is 0 Å². The summed E-state index contributed by atoms with van der Waals surface area (Å²) >= 11 is 0. The first-order valence-corrected chi connectivity index (χ1v) is 6.40. The van der Waals surface area contributed by atoms with E-state index in [1.807, 2.05) is 24.8 Å². The molecular formula is C14H16F3N3O. The maximum atomic E-state index is 12.4. The van der Waals surface area contributed by atoms with Gasteiger partial charge >= 0.3 is 12.1 Å². The molecule has 0 saturated heterocycles. The second-order valence-corrected chi connectivity index (χ2v) is 4.35. The van der Waals surface area contributed by atoms with Crippen LogP contribution in [0.5, 0.6) is 0 Å². The Morgan fingerprint density at radius 2 is 1.86 bits per heavy atom. The average Bonchev–Trinajstić information content (AvgIpc) is 2.46. The Morgan fingerprint density at radius 1 is 1.29 bits per heavy atom. The molecule has 1 amide bonds. The lowest BCUT2D eigenvalue weighted by atomic mass is 10.1. The smallest absolute Gasteiger partial charge is 0.371 e. The van der Waals surface area contributed by atoms with E-state index in [9.17, 15) is 18.0 Å². The molecule has 0 bridgehead atoms. The van der Waals surface area contributed by atoms with Gasteiger partial charge in [0.25, 0.3) is 0 Å². The molecule has 0 spiro atoms. The highest BCUT2D eigenvalue weighted by Crippen LogP contribution is 2.28. The Kier molecular flexibility index (Phi) is 5.19. The van der Waals surface area contributed by atoms with Gasteiger partial charge in [0.05, 0.1) is 11.3 Å². The number of rotatable bonds is 4. The number of alkyl halides is 3. The summed E-state index contributed by atoms with van der Waals surface area (Å²) in [6, 6.07) is 6.20. The molecule has 114 valence electrons. The Labute approximate surface area is 121 Å². The van der Waals surface area contributed by atoms with Crippen LogP contribution in [0.1, 0.15) is 19.4 Å². The number of carbonyl (C=O) groups is 1. The van der Waals surface area contributed by atoms with Crippen LogP contribution in [0.2, 0.25) is 0 Å². The summed E-state index contributed by atoms with van der Waals surface area (Å²) in [6.45, 7) is 5.17. The topological polar surface area (TPSA) is 47.3 Å². The zero-order valence-corrected chi connectivity index (χ0v) is 12.0.